The van der Waals surface area contributed by atoms with Crippen LogP contribution >= 0.6 is 15.9 Å². The summed E-state index contributed by atoms with van der Waals surface area (Å²) in [5.41, 5.74) is 0. The fourth-order valence-corrected chi connectivity index (χ4v) is 1.72. The van der Waals surface area contributed by atoms with Crippen molar-refractivity contribution < 1.29 is 9.59 Å². The number of nitrogens with zero attached hydrogens (tertiary/aromatic N) is 1. The molecule has 0 aliphatic carbocycles. The lowest BCUT2D eigenvalue weighted by atomic mass is 10.1. The Hall–Kier alpha value is -0.380. The highest BCUT2D eigenvalue weighted by atomic mass is 79.9. The Labute approximate surface area is 80.2 Å². The molecule has 1 atom stereocenters. The van der Waals surface area contributed by atoms with Crippen LogP contribution in [0.3, 0.4) is 0 Å². The van der Waals surface area contributed by atoms with Crippen LogP contribution in [0.25, 0.3) is 0 Å². The number of amides is 2. The monoisotopic (exact) mass is 233 g/mol. The van der Waals surface area contributed by atoms with Crippen molar-refractivity contribution in [3.63, 3.8) is 0 Å². The van der Waals surface area contributed by atoms with E-state index in [9.17, 15) is 9.59 Å². The van der Waals surface area contributed by atoms with Gasteiger partial charge in [0.2, 0.25) is 11.8 Å². The van der Waals surface area contributed by atoms with Gasteiger partial charge < -0.3 is 0 Å². The lowest BCUT2D eigenvalue weighted by molar-refractivity contribution is -0.148. The molecule has 1 aliphatic rings. The second-order valence-electron chi connectivity index (χ2n) is 2.85. The molecule has 4 heteroatoms. The summed E-state index contributed by atoms with van der Waals surface area (Å²) in [6.45, 7) is 1.94. The topological polar surface area (TPSA) is 37.4 Å². The number of likely N-dealkylation sites (tertiary alicyclic amines) is 1. The Bertz CT molecular complexity index is 189. The first-order valence-electron chi connectivity index (χ1n) is 4.15. The Morgan fingerprint density at radius 2 is 1.92 bits per heavy atom. The van der Waals surface area contributed by atoms with Gasteiger partial charge in [0.05, 0.1) is 4.95 Å². The first-order valence-corrected chi connectivity index (χ1v) is 5.07. The van der Waals surface area contributed by atoms with Crippen LogP contribution < -0.4 is 0 Å². The number of rotatable bonds is 2. The Morgan fingerprint density at radius 3 is 2.33 bits per heavy atom. The Kier molecular flexibility index (Phi) is 3.26. The van der Waals surface area contributed by atoms with Gasteiger partial charge in [0.1, 0.15) is 0 Å². The molecule has 1 aliphatic heterocycles. The molecule has 1 fully saturated rings. The van der Waals surface area contributed by atoms with Gasteiger partial charge in [-0.3, -0.25) is 14.5 Å². The molecular weight excluding hydrogens is 222 g/mol. The van der Waals surface area contributed by atoms with Crippen molar-refractivity contribution in [3.05, 3.63) is 0 Å². The van der Waals surface area contributed by atoms with Crippen LogP contribution in [0.2, 0.25) is 0 Å². The number of hydrogen-bond donors (Lipinski definition) is 0. The molecule has 3 nitrogen and oxygen atoms in total. The van der Waals surface area contributed by atoms with Gasteiger partial charge in [-0.15, -0.1) is 0 Å². The standard InChI is InChI=1S/C8H12BrNO2/c1-2-6(9)10-7(11)4-3-5-8(10)12/h6H,2-5H2,1H3. The van der Waals surface area contributed by atoms with E-state index < -0.39 is 0 Å². The van der Waals surface area contributed by atoms with Crippen LogP contribution in [-0.4, -0.2) is 21.7 Å². The van der Waals surface area contributed by atoms with Gasteiger partial charge >= 0.3 is 0 Å². The van der Waals surface area contributed by atoms with E-state index in [2.05, 4.69) is 15.9 Å². The van der Waals surface area contributed by atoms with Crippen molar-refractivity contribution in [2.45, 2.75) is 37.6 Å². The van der Waals surface area contributed by atoms with Crippen molar-refractivity contribution in [2.24, 2.45) is 0 Å². The van der Waals surface area contributed by atoms with Crippen LogP contribution in [-0.2, 0) is 9.59 Å². The molecule has 1 rings (SSSR count). The highest BCUT2D eigenvalue weighted by Crippen LogP contribution is 2.20. The minimum atomic E-state index is -0.113. The van der Waals surface area contributed by atoms with Gasteiger partial charge in [0.25, 0.3) is 0 Å². The maximum Gasteiger partial charge on any atom is 0.230 e. The number of piperidine rings is 1. The summed E-state index contributed by atoms with van der Waals surface area (Å²) in [6.07, 6.45) is 2.48. The number of imide groups is 1. The lowest BCUT2D eigenvalue weighted by Crippen LogP contribution is -2.44. The molecule has 0 aromatic heterocycles. The third-order valence-electron chi connectivity index (χ3n) is 1.94. The molecule has 1 unspecified atom stereocenters. The Balaban J connectivity index is 2.69. The predicted octanol–water partition coefficient (Wildman–Crippen LogP) is 1.66. The molecular formula is C8H12BrNO2. The average Bonchev–Trinajstić information content (AvgIpc) is 2.03. The minimum Gasteiger partial charge on any atom is -0.274 e. The number of alkyl halides is 1. The predicted molar refractivity (Wildman–Crippen MR) is 48.7 cm³/mol. The summed E-state index contributed by atoms with van der Waals surface area (Å²) < 4.78 is 0. The first kappa shape index (κ1) is 9.71. The summed E-state index contributed by atoms with van der Waals surface area (Å²) in [5.74, 6) is -0.0926. The fourth-order valence-electron chi connectivity index (χ4n) is 1.27. The SMILES string of the molecule is CCC(Br)N1C(=O)CCCC1=O. The molecule has 0 radical (unpaired) electrons. The minimum absolute atomic E-state index is 0.0463. The second-order valence-corrected chi connectivity index (χ2v) is 3.91. The van der Waals surface area contributed by atoms with E-state index in [1.54, 1.807) is 0 Å². The summed E-state index contributed by atoms with van der Waals surface area (Å²) in [6, 6.07) is 0. The van der Waals surface area contributed by atoms with Crippen LogP contribution in [0.1, 0.15) is 32.6 Å². The Morgan fingerprint density at radius 1 is 1.42 bits per heavy atom. The molecule has 0 bridgehead atoms. The summed E-state index contributed by atoms with van der Waals surface area (Å²) in [5, 5.41) is 0. The first-order chi connectivity index (χ1) is 5.66. The molecule has 1 saturated heterocycles. The van der Waals surface area contributed by atoms with Gasteiger partial charge in [0.15, 0.2) is 0 Å². The summed E-state index contributed by atoms with van der Waals surface area (Å²) in [4.78, 5) is 23.8. The van der Waals surface area contributed by atoms with Crippen molar-refractivity contribution in [1.29, 1.82) is 0 Å². The molecule has 1 heterocycles. The highest BCUT2D eigenvalue weighted by molar-refractivity contribution is 9.09. The molecule has 68 valence electrons. The third-order valence-corrected chi connectivity index (χ3v) is 2.99. The van der Waals surface area contributed by atoms with Gasteiger partial charge in [-0.05, 0) is 12.8 Å². The fraction of sp³-hybridized carbons (Fsp3) is 0.750. The molecule has 12 heavy (non-hydrogen) atoms. The number of halogens is 1. The molecule has 0 aromatic carbocycles. The normalized spacial score (nSPS) is 21.3. The smallest absolute Gasteiger partial charge is 0.230 e. The van der Waals surface area contributed by atoms with Crippen LogP contribution in [0.4, 0.5) is 0 Å². The van der Waals surface area contributed by atoms with Gasteiger partial charge in [-0.25, -0.2) is 0 Å². The quantitative estimate of drug-likeness (QED) is 0.414. The van der Waals surface area contributed by atoms with E-state index in [0.29, 0.717) is 19.3 Å². The zero-order chi connectivity index (χ0) is 9.14. The average molecular weight is 234 g/mol. The van der Waals surface area contributed by atoms with Gasteiger partial charge in [-0.1, -0.05) is 22.9 Å². The highest BCUT2D eigenvalue weighted by Gasteiger charge is 2.29. The largest absolute Gasteiger partial charge is 0.274 e. The van der Waals surface area contributed by atoms with Gasteiger partial charge in [0, 0.05) is 12.8 Å². The molecule has 0 saturated carbocycles. The van der Waals surface area contributed by atoms with E-state index in [0.717, 1.165) is 6.42 Å². The van der Waals surface area contributed by atoms with Crippen LogP contribution in [0, 0.1) is 0 Å². The molecule has 0 N–H and O–H groups in total. The summed E-state index contributed by atoms with van der Waals surface area (Å²) >= 11 is 3.30. The van der Waals surface area contributed by atoms with Gasteiger partial charge in [-0.2, -0.15) is 0 Å². The number of carbonyl (C=O) groups excluding carboxylic acids is 2. The molecule has 0 spiro atoms. The maximum atomic E-state index is 11.3. The van der Waals surface area contributed by atoms with Crippen LogP contribution in [0.5, 0.6) is 0 Å². The summed E-state index contributed by atoms with van der Waals surface area (Å²) in [7, 11) is 0. The van der Waals surface area contributed by atoms with Crippen molar-refractivity contribution in [3.8, 4) is 0 Å². The van der Waals surface area contributed by atoms with Crippen LogP contribution in [0.15, 0.2) is 0 Å². The number of hydrogen-bond acceptors (Lipinski definition) is 2. The van der Waals surface area contributed by atoms with E-state index in [4.69, 9.17) is 0 Å². The maximum absolute atomic E-state index is 11.3. The van der Waals surface area contributed by atoms with E-state index in [-0.39, 0.29) is 16.8 Å². The third kappa shape index (κ3) is 1.86. The van der Waals surface area contributed by atoms with E-state index in [1.807, 2.05) is 6.92 Å². The zero-order valence-corrected chi connectivity index (χ0v) is 8.63. The van der Waals surface area contributed by atoms with E-state index >= 15 is 0 Å². The second kappa shape index (κ2) is 4.03. The number of carbonyl (C=O) groups is 2. The lowest BCUT2D eigenvalue weighted by Gasteiger charge is -2.28. The molecule has 2 amide bonds. The van der Waals surface area contributed by atoms with E-state index in [1.165, 1.54) is 4.90 Å². The van der Waals surface area contributed by atoms with Crippen molar-refractivity contribution >= 4 is 27.7 Å². The molecule has 0 aromatic rings. The van der Waals surface area contributed by atoms with Crippen molar-refractivity contribution in [1.82, 2.24) is 4.90 Å². The zero-order valence-electron chi connectivity index (χ0n) is 7.05. The van der Waals surface area contributed by atoms with Crippen molar-refractivity contribution in [2.75, 3.05) is 0 Å².